The monoisotopic (exact) mass is 293 g/mol. The molecule has 2 rings (SSSR count). The molecule has 1 aromatic rings. The number of rotatable bonds is 6. The van der Waals surface area contributed by atoms with Gasteiger partial charge in [-0.25, -0.2) is 0 Å². The molecule has 0 spiro atoms. The Kier molecular flexibility index (Phi) is 5.41. The molecule has 2 heterocycles. The predicted molar refractivity (Wildman–Crippen MR) is 87.0 cm³/mol. The Morgan fingerprint density at radius 3 is 2.52 bits per heavy atom. The standard InChI is InChI=1S/C16H31N5/c1-14(2)10-21-7-5-16(13-17,6-8-21)19(3)11-15-9-18-20(4)12-15/h9,12,14H,5-8,10-11,13,17H2,1-4H3. The van der Waals surface area contributed by atoms with Gasteiger partial charge in [0.2, 0.25) is 0 Å². The fourth-order valence-corrected chi connectivity index (χ4v) is 3.41. The quantitative estimate of drug-likeness (QED) is 0.859. The molecule has 1 aliphatic heterocycles. The third-order valence-electron chi connectivity index (χ3n) is 4.78. The van der Waals surface area contributed by atoms with E-state index in [1.165, 1.54) is 12.1 Å². The first-order chi connectivity index (χ1) is 9.95. The summed E-state index contributed by atoms with van der Waals surface area (Å²) in [6, 6.07) is 0. The predicted octanol–water partition coefficient (Wildman–Crippen LogP) is 1.30. The Balaban J connectivity index is 1.95. The van der Waals surface area contributed by atoms with Crippen LogP contribution in [0.1, 0.15) is 32.3 Å². The normalized spacial score (nSPS) is 19.6. The van der Waals surface area contributed by atoms with Crippen LogP contribution in [-0.2, 0) is 13.6 Å². The third-order valence-corrected chi connectivity index (χ3v) is 4.78. The van der Waals surface area contributed by atoms with Crippen molar-refractivity contribution >= 4 is 0 Å². The number of nitrogens with two attached hydrogens (primary N) is 1. The Morgan fingerprint density at radius 1 is 1.38 bits per heavy atom. The fourth-order valence-electron chi connectivity index (χ4n) is 3.41. The molecule has 0 amide bonds. The highest BCUT2D eigenvalue weighted by Crippen LogP contribution is 2.28. The molecule has 5 heteroatoms. The van der Waals surface area contributed by atoms with Crippen LogP contribution in [-0.4, -0.2) is 58.3 Å². The second-order valence-corrected chi connectivity index (χ2v) is 7.00. The van der Waals surface area contributed by atoms with Crippen LogP contribution in [0.15, 0.2) is 12.4 Å². The molecule has 0 bridgehead atoms. The Bertz CT molecular complexity index is 432. The van der Waals surface area contributed by atoms with E-state index in [1.807, 2.05) is 17.9 Å². The SMILES string of the molecule is CC(C)CN1CCC(CN)(N(C)Cc2cnn(C)c2)CC1. The molecule has 0 unspecified atom stereocenters. The van der Waals surface area contributed by atoms with Crippen LogP contribution in [0.5, 0.6) is 0 Å². The number of aryl methyl sites for hydroxylation is 1. The second-order valence-electron chi connectivity index (χ2n) is 7.00. The van der Waals surface area contributed by atoms with E-state index in [9.17, 15) is 0 Å². The molecule has 2 N–H and O–H groups in total. The Hall–Kier alpha value is -0.910. The molecule has 0 radical (unpaired) electrons. The molecule has 1 fully saturated rings. The molecule has 1 saturated heterocycles. The maximum atomic E-state index is 6.16. The van der Waals surface area contributed by atoms with Gasteiger partial charge in [-0.05, 0) is 38.9 Å². The molecule has 21 heavy (non-hydrogen) atoms. The minimum absolute atomic E-state index is 0.142. The zero-order chi connectivity index (χ0) is 15.5. The zero-order valence-corrected chi connectivity index (χ0v) is 14.0. The van der Waals surface area contributed by atoms with Crippen LogP contribution in [0.4, 0.5) is 0 Å². The molecule has 0 aromatic carbocycles. The van der Waals surface area contributed by atoms with Gasteiger partial charge < -0.3 is 10.6 Å². The van der Waals surface area contributed by atoms with Crippen LogP contribution in [0, 0.1) is 5.92 Å². The number of hydrogen-bond acceptors (Lipinski definition) is 4. The van der Waals surface area contributed by atoms with Gasteiger partial charge in [-0.15, -0.1) is 0 Å². The van der Waals surface area contributed by atoms with Gasteiger partial charge in [0, 0.05) is 44.0 Å². The van der Waals surface area contributed by atoms with Gasteiger partial charge in [-0.2, -0.15) is 5.10 Å². The summed E-state index contributed by atoms with van der Waals surface area (Å²) in [6.45, 7) is 9.76. The summed E-state index contributed by atoms with van der Waals surface area (Å²) in [6.07, 6.45) is 6.36. The summed E-state index contributed by atoms with van der Waals surface area (Å²) >= 11 is 0. The lowest BCUT2D eigenvalue weighted by Crippen LogP contribution is -2.58. The van der Waals surface area contributed by atoms with Crippen molar-refractivity contribution in [3.05, 3.63) is 18.0 Å². The summed E-state index contributed by atoms with van der Waals surface area (Å²) in [5, 5.41) is 4.26. The highest BCUT2D eigenvalue weighted by molar-refractivity contribution is 5.06. The van der Waals surface area contributed by atoms with Crippen LogP contribution in [0.25, 0.3) is 0 Å². The van der Waals surface area contributed by atoms with Crippen molar-refractivity contribution in [2.24, 2.45) is 18.7 Å². The number of hydrogen-bond donors (Lipinski definition) is 1. The van der Waals surface area contributed by atoms with E-state index < -0.39 is 0 Å². The van der Waals surface area contributed by atoms with Gasteiger partial charge in [0.1, 0.15) is 0 Å². The van der Waals surface area contributed by atoms with Crippen molar-refractivity contribution in [1.29, 1.82) is 0 Å². The lowest BCUT2D eigenvalue weighted by molar-refractivity contribution is 0.0364. The number of nitrogens with zero attached hydrogens (tertiary/aromatic N) is 4. The molecular formula is C16H31N5. The summed E-state index contributed by atoms with van der Waals surface area (Å²) in [5.41, 5.74) is 7.57. The van der Waals surface area contributed by atoms with Gasteiger partial charge in [-0.3, -0.25) is 9.58 Å². The number of likely N-dealkylation sites (tertiary alicyclic amines) is 1. The molecule has 0 atom stereocenters. The number of piperidine rings is 1. The highest BCUT2D eigenvalue weighted by atomic mass is 15.3. The molecule has 0 aliphatic carbocycles. The topological polar surface area (TPSA) is 50.3 Å². The zero-order valence-electron chi connectivity index (χ0n) is 14.0. The average molecular weight is 293 g/mol. The first-order valence-electron chi connectivity index (χ1n) is 8.06. The minimum Gasteiger partial charge on any atom is -0.329 e. The lowest BCUT2D eigenvalue weighted by Gasteiger charge is -2.47. The van der Waals surface area contributed by atoms with Crippen LogP contribution < -0.4 is 5.73 Å². The largest absolute Gasteiger partial charge is 0.329 e. The molecule has 1 aliphatic rings. The van der Waals surface area contributed by atoms with E-state index in [2.05, 4.69) is 42.0 Å². The Morgan fingerprint density at radius 2 is 2.05 bits per heavy atom. The van der Waals surface area contributed by atoms with Gasteiger partial charge >= 0.3 is 0 Å². The lowest BCUT2D eigenvalue weighted by atomic mass is 9.85. The van der Waals surface area contributed by atoms with Crippen molar-refractivity contribution in [3.8, 4) is 0 Å². The average Bonchev–Trinajstić information content (AvgIpc) is 2.84. The summed E-state index contributed by atoms with van der Waals surface area (Å²) in [5.74, 6) is 0.739. The first kappa shape index (κ1) is 16.5. The van der Waals surface area contributed by atoms with Gasteiger partial charge in [0.05, 0.1) is 6.20 Å². The van der Waals surface area contributed by atoms with Crippen molar-refractivity contribution in [3.63, 3.8) is 0 Å². The maximum absolute atomic E-state index is 6.16. The molecule has 0 saturated carbocycles. The molecule has 1 aromatic heterocycles. The summed E-state index contributed by atoms with van der Waals surface area (Å²) in [4.78, 5) is 5.02. The summed E-state index contributed by atoms with van der Waals surface area (Å²) < 4.78 is 1.86. The smallest absolute Gasteiger partial charge is 0.0534 e. The van der Waals surface area contributed by atoms with Crippen molar-refractivity contribution in [1.82, 2.24) is 19.6 Å². The third kappa shape index (κ3) is 4.05. The van der Waals surface area contributed by atoms with E-state index >= 15 is 0 Å². The van der Waals surface area contributed by atoms with E-state index in [1.54, 1.807) is 0 Å². The van der Waals surface area contributed by atoms with Crippen LogP contribution in [0.3, 0.4) is 0 Å². The summed E-state index contributed by atoms with van der Waals surface area (Å²) in [7, 11) is 4.17. The Labute approximate surface area is 129 Å². The molecule has 120 valence electrons. The van der Waals surface area contributed by atoms with Crippen LogP contribution in [0.2, 0.25) is 0 Å². The van der Waals surface area contributed by atoms with Crippen molar-refractivity contribution in [2.75, 3.05) is 33.2 Å². The molecular weight excluding hydrogens is 262 g/mol. The van der Waals surface area contributed by atoms with E-state index in [0.717, 1.165) is 44.9 Å². The minimum atomic E-state index is 0.142. The second kappa shape index (κ2) is 6.90. The van der Waals surface area contributed by atoms with E-state index in [4.69, 9.17) is 5.73 Å². The maximum Gasteiger partial charge on any atom is 0.0534 e. The van der Waals surface area contributed by atoms with E-state index in [0.29, 0.717) is 0 Å². The van der Waals surface area contributed by atoms with Crippen molar-refractivity contribution in [2.45, 2.75) is 38.8 Å². The first-order valence-corrected chi connectivity index (χ1v) is 8.06. The van der Waals surface area contributed by atoms with E-state index in [-0.39, 0.29) is 5.54 Å². The van der Waals surface area contributed by atoms with Gasteiger partial charge in [0.25, 0.3) is 0 Å². The van der Waals surface area contributed by atoms with Crippen molar-refractivity contribution < 1.29 is 0 Å². The van der Waals surface area contributed by atoms with Crippen LogP contribution >= 0.6 is 0 Å². The van der Waals surface area contributed by atoms with Gasteiger partial charge in [0.15, 0.2) is 0 Å². The fraction of sp³-hybridized carbons (Fsp3) is 0.812. The highest BCUT2D eigenvalue weighted by Gasteiger charge is 2.37. The number of likely N-dealkylation sites (N-methyl/N-ethyl adjacent to an activating group) is 1. The van der Waals surface area contributed by atoms with Gasteiger partial charge in [-0.1, -0.05) is 13.8 Å². The molecule has 5 nitrogen and oxygen atoms in total. The number of aromatic nitrogens is 2.